The summed E-state index contributed by atoms with van der Waals surface area (Å²) in [4.78, 5) is 26.3. The van der Waals surface area contributed by atoms with Crippen LogP contribution in [0.1, 0.15) is 17.4 Å². The van der Waals surface area contributed by atoms with Crippen molar-refractivity contribution in [3.63, 3.8) is 0 Å². The molecule has 2 heterocycles. The number of carbonyl (C=O) groups excluding carboxylic acids is 2. The summed E-state index contributed by atoms with van der Waals surface area (Å²) in [6, 6.07) is 1.20. The molecule has 1 unspecified atom stereocenters. The molecule has 1 aliphatic rings. The lowest BCUT2D eigenvalue weighted by atomic mass is 10.3. The van der Waals surface area contributed by atoms with Gasteiger partial charge in [0.1, 0.15) is 10.6 Å². The van der Waals surface area contributed by atoms with Crippen LogP contribution in [-0.2, 0) is 24.3 Å². The number of hydrogen-bond donors (Lipinski definition) is 2. The lowest BCUT2D eigenvalue weighted by Crippen LogP contribution is -2.40. The molecule has 10 heteroatoms. The van der Waals surface area contributed by atoms with E-state index < -0.39 is 28.0 Å². The number of sulfonamides is 1. The van der Waals surface area contributed by atoms with Crippen molar-refractivity contribution in [1.29, 1.82) is 0 Å². The van der Waals surface area contributed by atoms with E-state index in [-0.39, 0.29) is 30.2 Å². The molecule has 25 heavy (non-hydrogen) atoms. The Kier molecular flexibility index (Phi) is 6.34. The molecular weight excluding hydrogens is 350 g/mol. The highest BCUT2D eigenvalue weighted by Gasteiger charge is 2.28. The van der Waals surface area contributed by atoms with Crippen molar-refractivity contribution in [2.75, 3.05) is 32.8 Å². The molecule has 0 aromatic carbocycles. The summed E-state index contributed by atoms with van der Waals surface area (Å²) in [6.45, 7) is 6.32. The third-order valence-corrected chi connectivity index (χ3v) is 5.43. The Labute approximate surface area is 146 Å². The van der Waals surface area contributed by atoms with Gasteiger partial charge < -0.3 is 19.8 Å². The molecule has 1 fully saturated rings. The fourth-order valence-corrected chi connectivity index (χ4v) is 3.57. The third kappa shape index (κ3) is 4.68. The fraction of sp³-hybridized carbons (Fsp3) is 0.467. The number of H-pyrrole nitrogens is 1. The van der Waals surface area contributed by atoms with Crippen LogP contribution in [0.4, 0.5) is 0 Å². The maximum atomic E-state index is 12.5. The van der Waals surface area contributed by atoms with E-state index in [0.717, 1.165) is 0 Å². The summed E-state index contributed by atoms with van der Waals surface area (Å²) in [5.41, 5.74) is -0.0461. The summed E-state index contributed by atoms with van der Waals surface area (Å²) in [5.74, 6) is -1.29. The predicted octanol–water partition coefficient (Wildman–Crippen LogP) is -0.117. The van der Waals surface area contributed by atoms with Gasteiger partial charge in [0.25, 0.3) is 5.91 Å². The lowest BCUT2D eigenvalue weighted by molar-refractivity contribution is -0.128. The van der Waals surface area contributed by atoms with E-state index in [1.807, 2.05) is 0 Å². The van der Waals surface area contributed by atoms with Crippen molar-refractivity contribution in [3.05, 3.63) is 30.6 Å². The number of aromatic nitrogens is 1. The number of amides is 1. The summed E-state index contributed by atoms with van der Waals surface area (Å²) >= 11 is 0. The van der Waals surface area contributed by atoms with Gasteiger partial charge in [0.15, 0.2) is 6.10 Å². The van der Waals surface area contributed by atoms with Crippen LogP contribution >= 0.6 is 0 Å². The number of aromatic amines is 1. The molecule has 9 nitrogen and oxygen atoms in total. The molecule has 0 aliphatic carbocycles. The molecule has 0 bridgehead atoms. The standard InChI is InChI=1S/C15H21N3O6S/c1-3-4-16-14(19)11(2)24-15(20)13-9-12(10-17-13)25(21,22)18-5-7-23-8-6-18/h3,9-11,17H,1,4-8H2,2H3,(H,16,19). The van der Waals surface area contributed by atoms with E-state index in [2.05, 4.69) is 16.9 Å². The van der Waals surface area contributed by atoms with Crippen LogP contribution in [0.15, 0.2) is 29.8 Å². The Hall–Kier alpha value is -2.17. The molecule has 1 amide bonds. The number of hydrogen-bond acceptors (Lipinski definition) is 6. The first-order valence-electron chi connectivity index (χ1n) is 7.72. The number of ether oxygens (including phenoxy) is 2. The van der Waals surface area contributed by atoms with Gasteiger partial charge in [0.2, 0.25) is 10.0 Å². The maximum Gasteiger partial charge on any atom is 0.355 e. The van der Waals surface area contributed by atoms with Crippen LogP contribution in [0.3, 0.4) is 0 Å². The van der Waals surface area contributed by atoms with Crippen molar-refractivity contribution in [2.45, 2.75) is 17.9 Å². The van der Waals surface area contributed by atoms with Crippen LogP contribution < -0.4 is 5.32 Å². The van der Waals surface area contributed by atoms with Crippen molar-refractivity contribution in [2.24, 2.45) is 0 Å². The number of rotatable bonds is 7. The second kappa shape index (κ2) is 8.28. The van der Waals surface area contributed by atoms with Gasteiger partial charge in [-0.1, -0.05) is 6.08 Å². The lowest BCUT2D eigenvalue weighted by Gasteiger charge is -2.25. The Balaban J connectivity index is 2.03. The zero-order chi connectivity index (χ0) is 18.4. The molecule has 2 rings (SSSR count). The summed E-state index contributed by atoms with van der Waals surface area (Å²) in [5, 5.41) is 2.50. The highest BCUT2D eigenvalue weighted by molar-refractivity contribution is 7.89. The van der Waals surface area contributed by atoms with Crippen LogP contribution in [0.2, 0.25) is 0 Å². The second-order valence-corrected chi connectivity index (χ2v) is 7.28. The van der Waals surface area contributed by atoms with E-state index in [4.69, 9.17) is 9.47 Å². The smallest absolute Gasteiger partial charge is 0.355 e. The van der Waals surface area contributed by atoms with Crippen molar-refractivity contribution in [1.82, 2.24) is 14.6 Å². The van der Waals surface area contributed by atoms with E-state index in [0.29, 0.717) is 13.2 Å². The largest absolute Gasteiger partial charge is 0.448 e. The van der Waals surface area contributed by atoms with Gasteiger partial charge in [-0.2, -0.15) is 4.31 Å². The Morgan fingerprint density at radius 3 is 2.80 bits per heavy atom. The van der Waals surface area contributed by atoms with E-state index in [9.17, 15) is 18.0 Å². The predicted molar refractivity (Wildman–Crippen MR) is 88.5 cm³/mol. The first-order chi connectivity index (χ1) is 11.9. The fourth-order valence-electron chi connectivity index (χ4n) is 2.17. The molecule has 1 atom stereocenters. The highest BCUT2D eigenvalue weighted by Crippen LogP contribution is 2.18. The van der Waals surface area contributed by atoms with Gasteiger partial charge in [-0.25, -0.2) is 13.2 Å². The normalized spacial score (nSPS) is 16.8. The molecule has 138 valence electrons. The number of carbonyl (C=O) groups is 2. The average Bonchev–Trinajstić information content (AvgIpc) is 3.11. The van der Waals surface area contributed by atoms with E-state index in [1.165, 1.54) is 29.6 Å². The maximum absolute atomic E-state index is 12.5. The minimum Gasteiger partial charge on any atom is -0.448 e. The van der Waals surface area contributed by atoms with Crippen LogP contribution in [0, 0.1) is 0 Å². The topological polar surface area (TPSA) is 118 Å². The van der Waals surface area contributed by atoms with Crippen molar-refractivity contribution in [3.8, 4) is 0 Å². The van der Waals surface area contributed by atoms with Crippen LogP contribution in [0.25, 0.3) is 0 Å². The molecule has 1 aromatic rings. The molecule has 1 aromatic heterocycles. The van der Waals surface area contributed by atoms with Gasteiger partial charge in [-0.15, -0.1) is 6.58 Å². The average molecular weight is 371 g/mol. The molecule has 2 N–H and O–H groups in total. The first-order valence-corrected chi connectivity index (χ1v) is 9.16. The van der Waals surface area contributed by atoms with Crippen LogP contribution in [0.5, 0.6) is 0 Å². The van der Waals surface area contributed by atoms with Crippen LogP contribution in [-0.4, -0.2) is 68.5 Å². The Bertz CT molecular complexity index is 736. The van der Waals surface area contributed by atoms with E-state index in [1.54, 1.807) is 0 Å². The van der Waals surface area contributed by atoms with Gasteiger partial charge in [0.05, 0.1) is 13.2 Å². The summed E-state index contributed by atoms with van der Waals surface area (Å²) in [7, 11) is -3.71. The van der Waals surface area contributed by atoms with Gasteiger partial charge >= 0.3 is 5.97 Å². The number of nitrogens with one attached hydrogen (secondary N) is 2. The van der Waals surface area contributed by atoms with Crippen molar-refractivity contribution < 1.29 is 27.5 Å². The molecule has 1 aliphatic heterocycles. The molecule has 0 radical (unpaired) electrons. The quantitative estimate of drug-likeness (QED) is 0.510. The SMILES string of the molecule is C=CCNC(=O)C(C)OC(=O)c1cc(S(=O)(=O)N2CCOCC2)c[nH]1. The summed E-state index contributed by atoms with van der Waals surface area (Å²) in [6.07, 6.45) is 1.71. The number of esters is 1. The Morgan fingerprint density at radius 2 is 2.16 bits per heavy atom. The van der Waals surface area contributed by atoms with Gasteiger partial charge in [-0.3, -0.25) is 4.79 Å². The minimum absolute atomic E-state index is 0.0369. The molecule has 1 saturated heterocycles. The Morgan fingerprint density at radius 1 is 1.48 bits per heavy atom. The highest BCUT2D eigenvalue weighted by atomic mass is 32.2. The van der Waals surface area contributed by atoms with E-state index >= 15 is 0 Å². The number of morpholine rings is 1. The second-order valence-electron chi connectivity index (χ2n) is 5.35. The summed E-state index contributed by atoms with van der Waals surface area (Å²) < 4.78 is 36.4. The van der Waals surface area contributed by atoms with Gasteiger partial charge in [-0.05, 0) is 13.0 Å². The molecule has 0 saturated carbocycles. The zero-order valence-electron chi connectivity index (χ0n) is 13.9. The molecular formula is C15H21N3O6S. The number of nitrogens with zero attached hydrogens (tertiary/aromatic N) is 1. The first kappa shape index (κ1) is 19.2. The zero-order valence-corrected chi connectivity index (χ0v) is 14.7. The monoisotopic (exact) mass is 371 g/mol. The minimum atomic E-state index is -3.71. The van der Waals surface area contributed by atoms with Gasteiger partial charge in [0, 0.05) is 25.8 Å². The van der Waals surface area contributed by atoms with Crippen molar-refractivity contribution >= 4 is 21.9 Å². The third-order valence-electron chi connectivity index (χ3n) is 3.56. The molecule has 0 spiro atoms.